The molecule has 1 heterocycles. The highest BCUT2D eigenvalue weighted by atomic mass is 32.1. The zero-order chi connectivity index (χ0) is 17.6. The maximum Gasteiger partial charge on any atom is 0.262 e. The van der Waals surface area contributed by atoms with Crippen molar-refractivity contribution in [3.8, 4) is 5.75 Å². The molecule has 0 saturated heterocycles. The number of amides is 1. The van der Waals surface area contributed by atoms with E-state index >= 15 is 0 Å². The van der Waals surface area contributed by atoms with E-state index in [4.69, 9.17) is 17.0 Å². The van der Waals surface area contributed by atoms with Gasteiger partial charge < -0.3 is 20.3 Å². The summed E-state index contributed by atoms with van der Waals surface area (Å²) in [6.07, 6.45) is 6.49. The number of ether oxygens (including phenoxy) is 1. The van der Waals surface area contributed by atoms with E-state index in [-0.39, 0.29) is 5.91 Å². The van der Waals surface area contributed by atoms with Crippen LogP contribution in [0.4, 0.5) is 5.69 Å². The molecule has 5 nitrogen and oxygen atoms in total. The van der Waals surface area contributed by atoms with Gasteiger partial charge in [-0.15, -0.1) is 0 Å². The smallest absolute Gasteiger partial charge is 0.262 e. The molecule has 1 amide bonds. The van der Waals surface area contributed by atoms with E-state index in [1.165, 1.54) is 19.3 Å². The predicted molar refractivity (Wildman–Crippen MR) is 104 cm³/mol. The SMILES string of the molecule is CCCNC(=O)[C@@H]1CN(C(=S)NC2CCCCC2)c2ccccc2O1. The van der Waals surface area contributed by atoms with Gasteiger partial charge in [-0.25, -0.2) is 0 Å². The molecule has 3 rings (SSSR count). The lowest BCUT2D eigenvalue weighted by atomic mass is 9.96. The Morgan fingerprint density at radius 1 is 1.28 bits per heavy atom. The summed E-state index contributed by atoms with van der Waals surface area (Å²) in [6, 6.07) is 8.20. The average molecular weight is 362 g/mol. The molecule has 136 valence electrons. The molecular formula is C19H27N3O2S. The first-order chi connectivity index (χ1) is 12.2. The Bertz CT molecular complexity index is 616. The van der Waals surface area contributed by atoms with Crippen LogP contribution in [0.2, 0.25) is 0 Å². The van der Waals surface area contributed by atoms with Gasteiger partial charge in [-0.1, -0.05) is 38.3 Å². The van der Waals surface area contributed by atoms with Crippen molar-refractivity contribution in [3.63, 3.8) is 0 Å². The number of nitrogens with one attached hydrogen (secondary N) is 2. The van der Waals surface area contributed by atoms with Crippen molar-refractivity contribution in [3.05, 3.63) is 24.3 Å². The number of anilines is 1. The Kier molecular flexibility index (Phi) is 6.13. The predicted octanol–water partition coefficient (Wildman–Crippen LogP) is 2.99. The van der Waals surface area contributed by atoms with Crippen molar-refractivity contribution < 1.29 is 9.53 Å². The summed E-state index contributed by atoms with van der Waals surface area (Å²) in [7, 11) is 0. The number of carbonyl (C=O) groups excluding carboxylic acids is 1. The maximum absolute atomic E-state index is 12.4. The van der Waals surface area contributed by atoms with Crippen molar-refractivity contribution in [2.75, 3.05) is 18.0 Å². The lowest BCUT2D eigenvalue weighted by Gasteiger charge is -2.37. The zero-order valence-corrected chi connectivity index (χ0v) is 15.6. The second kappa shape index (κ2) is 8.52. The number of hydrogen-bond donors (Lipinski definition) is 2. The van der Waals surface area contributed by atoms with Gasteiger partial charge >= 0.3 is 0 Å². The van der Waals surface area contributed by atoms with Crippen LogP contribution < -0.4 is 20.3 Å². The summed E-state index contributed by atoms with van der Waals surface area (Å²) < 4.78 is 5.92. The highest BCUT2D eigenvalue weighted by molar-refractivity contribution is 7.80. The molecule has 2 N–H and O–H groups in total. The molecule has 25 heavy (non-hydrogen) atoms. The van der Waals surface area contributed by atoms with Gasteiger partial charge in [-0.2, -0.15) is 0 Å². The highest BCUT2D eigenvalue weighted by Crippen LogP contribution is 2.33. The van der Waals surface area contributed by atoms with Gasteiger partial charge in [0.15, 0.2) is 11.2 Å². The summed E-state index contributed by atoms with van der Waals surface area (Å²) in [5.41, 5.74) is 0.926. The minimum Gasteiger partial charge on any atom is -0.477 e. The Balaban J connectivity index is 1.73. The third kappa shape index (κ3) is 4.42. The average Bonchev–Trinajstić information content (AvgIpc) is 2.66. The van der Waals surface area contributed by atoms with Crippen LogP contribution in [0.5, 0.6) is 5.75 Å². The van der Waals surface area contributed by atoms with E-state index in [9.17, 15) is 4.79 Å². The maximum atomic E-state index is 12.4. The van der Waals surface area contributed by atoms with E-state index in [1.54, 1.807) is 0 Å². The number of carbonyl (C=O) groups is 1. The first-order valence-corrected chi connectivity index (χ1v) is 9.71. The van der Waals surface area contributed by atoms with E-state index in [0.717, 1.165) is 24.9 Å². The molecule has 1 fully saturated rings. The third-order valence-electron chi connectivity index (χ3n) is 4.79. The number of rotatable bonds is 4. The first kappa shape index (κ1) is 18.0. The second-order valence-electron chi connectivity index (χ2n) is 6.76. The topological polar surface area (TPSA) is 53.6 Å². The monoisotopic (exact) mass is 361 g/mol. The molecule has 1 aliphatic heterocycles. The molecular weight excluding hydrogens is 334 g/mol. The molecule has 6 heteroatoms. The van der Waals surface area contributed by atoms with E-state index in [2.05, 4.69) is 10.6 Å². The Morgan fingerprint density at radius 3 is 2.80 bits per heavy atom. The lowest BCUT2D eigenvalue weighted by Crippen LogP contribution is -2.54. The van der Waals surface area contributed by atoms with Crippen molar-refractivity contribution >= 4 is 28.9 Å². The summed E-state index contributed by atoms with van der Waals surface area (Å²) in [5, 5.41) is 7.11. The fraction of sp³-hybridized carbons (Fsp3) is 0.579. The quantitative estimate of drug-likeness (QED) is 0.808. The van der Waals surface area contributed by atoms with Crippen molar-refractivity contribution in [2.24, 2.45) is 0 Å². The summed E-state index contributed by atoms with van der Waals surface area (Å²) in [5.74, 6) is 0.625. The fourth-order valence-electron chi connectivity index (χ4n) is 3.42. The first-order valence-electron chi connectivity index (χ1n) is 9.30. The van der Waals surface area contributed by atoms with Crippen LogP contribution in [-0.4, -0.2) is 36.3 Å². The molecule has 2 aliphatic rings. The van der Waals surface area contributed by atoms with E-state index < -0.39 is 6.10 Å². The van der Waals surface area contributed by atoms with Gasteiger partial charge in [-0.3, -0.25) is 4.79 Å². The molecule has 1 atom stereocenters. The van der Waals surface area contributed by atoms with E-state index in [0.29, 0.717) is 30.0 Å². The van der Waals surface area contributed by atoms with Crippen LogP contribution in [-0.2, 0) is 4.79 Å². The lowest BCUT2D eigenvalue weighted by molar-refractivity contribution is -0.127. The fourth-order valence-corrected chi connectivity index (χ4v) is 3.76. The van der Waals surface area contributed by atoms with Gasteiger partial charge in [0.2, 0.25) is 0 Å². The molecule has 0 radical (unpaired) electrons. The van der Waals surface area contributed by atoms with Crippen LogP contribution in [0, 0.1) is 0 Å². The molecule has 0 bridgehead atoms. The van der Waals surface area contributed by atoms with Gasteiger partial charge in [0.05, 0.1) is 12.2 Å². The number of thiocarbonyl (C=S) groups is 1. The number of hydrogen-bond acceptors (Lipinski definition) is 3. The summed E-state index contributed by atoms with van der Waals surface area (Å²) in [6.45, 7) is 3.13. The number of fused-ring (bicyclic) bond motifs is 1. The van der Waals surface area contributed by atoms with Crippen molar-refractivity contribution in [2.45, 2.75) is 57.6 Å². The number of benzene rings is 1. The standard InChI is InChI=1S/C19H27N3O2S/c1-2-12-20-18(23)17-13-22(15-10-6-7-11-16(15)24-17)19(25)21-14-8-4-3-5-9-14/h6-7,10-11,14,17H,2-5,8-9,12-13H2,1H3,(H,20,23)(H,21,25)/t17-/m0/s1. The minimum absolute atomic E-state index is 0.0816. The van der Waals surface area contributed by atoms with Gasteiger partial charge in [0.25, 0.3) is 5.91 Å². The van der Waals surface area contributed by atoms with Crippen LogP contribution in [0.3, 0.4) is 0 Å². The number of nitrogens with zero attached hydrogens (tertiary/aromatic N) is 1. The third-order valence-corrected chi connectivity index (χ3v) is 5.13. The Hall–Kier alpha value is -1.82. The molecule has 1 aromatic carbocycles. The molecule has 0 spiro atoms. The minimum atomic E-state index is -0.549. The van der Waals surface area contributed by atoms with Crippen LogP contribution in [0.25, 0.3) is 0 Å². The van der Waals surface area contributed by atoms with Gasteiger partial charge in [0.1, 0.15) is 5.75 Å². The Morgan fingerprint density at radius 2 is 2.04 bits per heavy atom. The van der Waals surface area contributed by atoms with Crippen molar-refractivity contribution in [1.29, 1.82) is 0 Å². The second-order valence-corrected chi connectivity index (χ2v) is 7.15. The van der Waals surface area contributed by atoms with Crippen LogP contribution in [0.15, 0.2) is 24.3 Å². The summed E-state index contributed by atoms with van der Waals surface area (Å²) in [4.78, 5) is 14.4. The van der Waals surface area contributed by atoms with Crippen LogP contribution >= 0.6 is 12.2 Å². The highest BCUT2D eigenvalue weighted by Gasteiger charge is 2.32. The summed E-state index contributed by atoms with van der Waals surface area (Å²) >= 11 is 5.69. The van der Waals surface area contributed by atoms with Crippen LogP contribution in [0.1, 0.15) is 45.4 Å². The molecule has 1 aliphatic carbocycles. The van der Waals surface area contributed by atoms with E-state index in [1.807, 2.05) is 36.1 Å². The largest absolute Gasteiger partial charge is 0.477 e. The molecule has 1 saturated carbocycles. The normalized spacial score (nSPS) is 20.4. The van der Waals surface area contributed by atoms with Gasteiger partial charge in [0, 0.05) is 12.6 Å². The molecule has 0 aromatic heterocycles. The molecule has 1 aromatic rings. The molecule has 0 unspecified atom stereocenters. The number of para-hydroxylation sites is 2. The van der Waals surface area contributed by atoms with Gasteiger partial charge in [-0.05, 0) is 43.6 Å². The van der Waals surface area contributed by atoms with Crippen molar-refractivity contribution in [1.82, 2.24) is 10.6 Å². The zero-order valence-electron chi connectivity index (χ0n) is 14.8. The Labute approximate surface area is 155 Å².